The second-order valence-corrected chi connectivity index (χ2v) is 9.94. The van der Waals surface area contributed by atoms with Crippen LogP contribution in [0.25, 0.3) is 11.3 Å². The maximum Gasteiger partial charge on any atom is 0.227 e. The largest absolute Gasteiger partial charge is 0.324 e. The van der Waals surface area contributed by atoms with Gasteiger partial charge in [0.05, 0.1) is 5.69 Å². The Balaban J connectivity index is 1.19. The van der Waals surface area contributed by atoms with Crippen LogP contribution in [0.2, 0.25) is 0 Å². The van der Waals surface area contributed by atoms with Gasteiger partial charge in [-0.2, -0.15) is 0 Å². The lowest BCUT2D eigenvalue weighted by atomic mass is 9.78. The Morgan fingerprint density at radius 1 is 0.889 bits per heavy atom. The minimum atomic E-state index is -0.211. The lowest BCUT2D eigenvalue weighted by Crippen LogP contribution is -2.31. The lowest BCUT2D eigenvalue weighted by Gasteiger charge is -2.27. The van der Waals surface area contributed by atoms with E-state index >= 15 is 0 Å². The summed E-state index contributed by atoms with van der Waals surface area (Å²) in [7, 11) is 0. The molecule has 4 aromatic rings. The third-order valence-electron chi connectivity index (χ3n) is 7.53. The van der Waals surface area contributed by atoms with Crippen LogP contribution >= 0.6 is 0 Å². The molecule has 1 atom stereocenters. The van der Waals surface area contributed by atoms with E-state index < -0.39 is 0 Å². The molecule has 1 aliphatic heterocycles. The third-order valence-corrected chi connectivity index (χ3v) is 7.53. The van der Waals surface area contributed by atoms with Gasteiger partial charge in [-0.25, -0.2) is 14.4 Å². The molecule has 0 saturated carbocycles. The van der Waals surface area contributed by atoms with Crippen molar-refractivity contribution < 1.29 is 4.39 Å². The molecule has 0 spiro atoms. The molecule has 1 saturated heterocycles. The molecule has 5 heteroatoms. The predicted octanol–water partition coefficient (Wildman–Crippen LogP) is 6.74. The van der Waals surface area contributed by atoms with Crippen molar-refractivity contribution in [1.82, 2.24) is 14.9 Å². The van der Waals surface area contributed by atoms with Crippen LogP contribution in [0.4, 0.5) is 16.0 Å². The number of benzene rings is 3. The zero-order chi connectivity index (χ0) is 24.3. The van der Waals surface area contributed by atoms with E-state index in [0.717, 1.165) is 47.5 Å². The third kappa shape index (κ3) is 4.89. The van der Waals surface area contributed by atoms with Crippen LogP contribution in [0.15, 0.2) is 79.0 Å². The van der Waals surface area contributed by atoms with Gasteiger partial charge >= 0.3 is 0 Å². The van der Waals surface area contributed by atoms with Crippen LogP contribution in [0, 0.1) is 5.82 Å². The van der Waals surface area contributed by atoms with E-state index in [-0.39, 0.29) is 11.7 Å². The summed E-state index contributed by atoms with van der Waals surface area (Å²) in [5.41, 5.74) is 7.88. The predicted molar refractivity (Wildman–Crippen MR) is 143 cm³/mol. The van der Waals surface area contributed by atoms with Gasteiger partial charge in [0.15, 0.2) is 0 Å². The molecular formula is C31H31FN4. The SMILES string of the molecule is Fc1ccc([C@@H]2Cc3cnc(Nc4ccc(CCN5CCCCC5)cc4)nc3-c3ccccc32)cc1. The summed E-state index contributed by atoms with van der Waals surface area (Å²) in [6.45, 7) is 3.62. The Kier molecular flexibility index (Phi) is 6.48. The maximum atomic E-state index is 13.5. The highest BCUT2D eigenvalue weighted by molar-refractivity contribution is 5.73. The lowest BCUT2D eigenvalue weighted by molar-refractivity contribution is 0.231. The fourth-order valence-electron chi connectivity index (χ4n) is 5.54. The van der Waals surface area contributed by atoms with Gasteiger partial charge in [0, 0.05) is 29.9 Å². The van der Waals surface area contributed by atoms with Crippen LogP contribution in [0.3, 0.4) is 0 Å². The standard InChI is InChI=1S/C31H31FN4/c32-25-12-10-23(11-13-25)29-20-24-21-33-31(35-30(24)28-7-3-2-6-27(28)29)34-26-14-8-22(9-15-26)16-19-36-17-4-1-5-18-36/h2-3,6-15,21,29H,1,4-5,16-20H2,(H,33,34,35)/t29-/m0/s1. The monoisotopic (exact) mass is 478 g/mol. The molecule has 4 nitrogen and oxygen atoms in total. The Morgan fingerprint density at radius 3 is 2.47 bits per heavy atom. The molecule has 2 heterocycles. The van der Waals surface area contributed by atoms with Crippen LogP contribution in [0.1, 0.15) is 47.4 Å². The zero-order valence-corrected chi connectivity index (χ0v) is 20.5. The van der Waals surface area contributed by atoms with Gasteiger partial charge in [0.25, 0.3) is 0 Å². The Hall–Kier alpha value is -3.57. The molecule has 2 aliphatic rings. The molecule has 6 rings (SSSR count). The first-order chi connectivity index (χ1) is 17.7. The summed E-state index contributed by atoms with van der Waals surface area (Å²) in [6, 6.07) is 23.9. The topological polar surface area (TPSA) is 41.1 Å². The van der Waals surface area contributed by atoms with Gasteiger partial charge in [-0.05, 0) is 85.3 Å². The Bertz CT molecular complexity index is 1330. The summed E-state index contributed by atoms with van der Waals surface area (Å²) in [5.74, 6) is 0.552. The Labute approximate surface area is 212 Å². The van der Waals surface area contributed by atoms with Crippen molar-refractivity contribution in [1.29, 1.82) is 0 Å². The number of fused-ring (bicyclic) bond motifs is 3. The van der Waals surface area contributed by atoms with E-state index in [2.05, 4.69) is 57.7 Å². The number of anilines is 2. The Morgan fingerprint density at radius 2 is 1.67 bits per heavy atom. The molecule has 3 aromatic carbocycles. The molecule has 0 unspecified atom stereocenters. The summed E-state index contributed by atoms with van der Waals surface area (Å²) < 4.78 is 13.5. The number of aromatic nitrogens is 2. The second-order valence-electron chi connectivity index (χ2n) is 9.94. The summed E-state index contributed by atoms with van der Waals surface area (Å²) in [5, 5.41) is 3.39. The van der Waals surface area contributed by atoms with Gasteiger partial charge in [-0.1, -0.05) is 55.0 Å². The van der Waals surface area contributed by atoms with Crippen molar-refractivity contribution in [3.8, 4) is 11.3 Å². The molecule has 182 valence electrons. The van der Waals surface area contributed by atoms with Crippen LogP contribution in [-0.2, 0) is 12.8 Å². The number of piperidine rings is 1. The van der Waals surface area contributed by atoms with Gasteiger partial charge in [-0.3, -0.25) is 0 Å². The van der Waals surface area contributed by atoms with Gasteiger partial charge in [-0.15, -0.1) is 0 Å². The van der Waals surface area contributed by atoms with Crippen LogP contribution in [-0.4, -0.2) is 34.5 Å². The number of nitrogens with zero attached hydrogens (tertiary/aromatic N) is 3. The van der Waals surface area contributed by atoms with E-state index in [1.807, 2.05) is 24.4 Å². The first kappa shape index (κ1) is 22.9. The van der Waals surface area contributed by atoms with Crippen molar-refractivity contribution >= 4 is 11.6 Å². The number of hydrogen-bond acceptors (Lipinski definition) is 4. The minimum Gasteiger partial charge on any atom is -0.324 e. The molecular weight excluding hydrogens is 447 g/mol. The van der Waals surface area contributed by atoms with Crippen molar-refractivity contribution in [3.05, 3.63) is 107 Å². The van der Waals surface area contributed by atoms with Crippen molar-refractivity contribution in [3.63, 3.8) is 0 Å². The van der Waals surface area contributed by atoms with Crippen molar-refractivity contribution in [2.45, 2.75) is 38.0 Å². The minimum absolute atomic E-state index is 0.161. The van der Waals surface area contributed by atoms with E-state index in [0.29, 0.717) is 5.95 Å². The van der Waals surface area contributed by atoms with Crippen LogP contribution in [0.5, 0.6) is 0 Å². The molecule has 36 heavy (non-hydrogen) atoms. The molecule has 1 fully saturated rings. The number of likely N-dealkylation sites (tertiary alicyclic amines) is 1. The van der Waals surface area contributed by atoms with E-state index in [1.165, 1.54) is 55.6 Å². The normalized spacial score (nSPS) is 17.3. The second kappa shape index (κ2) is 10.2. The fourth-order valence-corrected chi connectivity index (χ4v) is 5.54. The number of halogens is 1. The average Bonchev–Trinajstić information content (AvgIpc) is 2.93. The summed E-state index contributed by atoms with van der Waals surface area (Å²) >= 11 is 0. The molecule has 0 bridgehead atoms. The number of rotatable bonds is 6. The van der Waals surface area contributed by atoms with Crippen molar-refractivity contribution in [2.75, 3.05) is 25.0 Å². The van der Waals surface area contributed by atoms with Gasteiger partial charge < -0.3 is 10.2 Å². The highest BCUT2D eigenvalue weighted by Gasteiger charge is 2.27. The zero-order valence-electron chi connectivity index (χ0n) is 20.5. The molecule has 1 N–H and O–H groups in total. The molecule has 1 aromatic heterocycles. The van der Waals surface area contributed by atoms with Crippen LogP contribution < -0.4 is 5.32 Å². The van der Waals surface area contributed by atoms with Gasteiger partial charge in [0.2, 0.25) is 5.95 Å². The van der Waals surface area contributed by atoms with E-state index in [4.69, 9.17) is 4.98 Å². The molecule has 0 amide bonds. The highest BCUT2D eigenvalue weighted by Crippen LogP contribution is 2.41. The summed E-state index contributed by atoms with van der Waals surface area (Å²) in [6.07, 6.45) is 7.86. The first-order valence-electron chi connectivity index (χ1n) is 13.0. The average molecular weight is 479 g/mol. The smallest absolute Gasteiger partial charge is 0.227 e. The summed E-state index contributed by atoms with van der Waals surface area (Å²) in [4.78, 5) is 12.1. The first-order valence-corrected chi connectivity index (χ1v) is 13.0. The quantitative estimate of drug-likeness (QED) is 0.333. The highest BCUT2D eigenvalue weighted by atomic mass is 19.1. The molecule has 1 aliphatic carbocycles. The maximum absolute atomic E-state index is 13.5. The van der Waals surface area contributed by atoms with Crippen molar-refractivity contribution in [2.24, 2.45) is 0 Å². The van der Waals surface area contributed by atoms with E-state index in [1.54, 1.807) is 0 Å². The fraction of sp³-hybridized carbons (Fsp3) is 0.290. The number of nitrogens with one attached hydrogen (secondary N) is 1. The van der Waals surface area contributed by atoms with E-state index in [9.17, 15) is 4.39 Å². The number of hydrogen-bond donors (Lipinski definition) is 1. The van der Waals surface area contributed by atoms with Gasteiger partial charge in [0.1, 0.15) is 5.82 Å². The molecule has 0 radical (unpaired) electrons.